The summed E-state index contributed by atoms with van der Waals surface area (Å²) in [4.78, 5) is 36.2. The molecular weight excluding hydrogens is 426 g/mol. The Hall–Kier alpha value is -3.85. The van der Waals surface area contributed by atoms with Crippen LogP contribution in [-0.4, -0.2) is 54.9 Å². The predicted molar refractivity (Wildman–Crippen MR) is 122 cm³/mol. The normalized spacial score (nSPS) is 12.4. The van der Waals surface area contributed by atoms with Crippen molar-refractivity contribution in [3.05, 3.63) is 83.7 Å². The third-order valence-corrected chi connectivity index (χ3v) is 4.69. The first-order valence-electron chi connectivity index (χ1n) is 10.3. The van der Waals surface area contributed by atoms with E-state index in [0.717, 1.165) is 11.1 Å². The van der Waals surface area contributed by atoms with Crippen molar-refractivity contribution in [3.8, 4) is 0 Å². The summed E-state index contributed by atoms with van der Waals surface area (Å²) < 4.78 is 10.5. The molecule has 0 unspecified atom stereocenters. The molecule has 0 spiro atoms. The summed E-state index contributed by atoms with van der Waals surface area (Å²) in [7, 11) is 5.18. The molecule has 9 nitrogen and oxygen atoms in total. The second kappa shape index (κ2) is 12.3. The average molecular weight is 457 g/mol. The highest BCUT2D eigenvalue weighted by atomic mass is 16.6. The molecule has 0 saturated carbocycles. The summed E-state index contributed by atoms with van der Waals surface area (Å²) in [6.07, 6.45) is -0.343. The lowest BCUT2D eigenvalue weighted by Crippen LogP contribution is -2.50. The van der Waals surface area contributed by atoms with Gasteiger partial charge in [-0.25, -0.2) is 14.4 Å². The van der Waals surface area contributed by atoms with Crippen LogP contribution in [0, 0.1) is 0 Å². The van der Waals surface area contributed by atoms with E-state index in [-0.39, 0.29) is 29.8 Å². The smallest absolute Gasteiger partial charge is 0.411 e. The van der Waals surface area contributed by atoms with Gasteiger partial charge in [0.1, 0.15) is 13.2 Å². The molecule has 33 heavy (non-hydrogen) atoms. The molecule has 0 heterocycles. The molecule has 3 N–H and O–H groups in total. The Morgan fingerprint density at radius 1 is 0.879 bits per heavy atom. The lowest BCUT2D eigenvalue weighted by molar-refractivity contribution is -0.887. The Morgan fingerprint density at radius 3 is 1.82 bits per heavy atom. The number of carboxylic acids is 1. The molecule has 0 aromatic heterocycles. The van der Waals surface area contributed by atoms with Crippen LogP contribution in [0.5, 0.6) is 0 Å². The topological polar surface area (TPSA) is 114 Å². The molecule has 1 atom stereocenters. The first kappa shape index (κ1) is 25.4. The van der Waals surface area contributed by atoms with E-state index in [1.807, 2.05) is 60.7 Å². The van der Waals surface area contributed by atoms with Gasteiger partial charge in [0.15, 0.2) is 6.04 Å². The summed E-state index contributed by atoms with van der Waals surface area (Å²) in [6, 6.07) is 17.4. The number of carbonyl (C=O) groups excluding carboxylic acids is 2. The van der Waals surface area contributed by atoms with E-state index in [1.165, 1.54) is 6.20 Å². The number of likely N-dealkylation sites (N-methyl/N-ethyl adjacent to an activating group) is 1. The lowest BCUT2D eigenvalue weighted by Gasteiger charge is -2.31. The standard InChI is InChI=1S/C24H29N3O6/c1-27(2,3)21(22(28)29)14-20(26-24(31)33-17-19-12-8-5-9-13-19)15-25-23(30)32-16-18-10-6-4-7-11-18/h4-13,15,21H,14,16-17H2,1-3H3,(H2-,25,26,28,29,30,31)/p+1/b20-15-/t21-/m0/s1. The van der Waals surface area contributed by atoms with Crippen molar-refractivity contribution in [2.75, 3.05) is 21.1 Å². The minimum atomic E-state index is -1.04. The van der Waals surface area contributed by atoms with E-state index >= 15 is 0 Å². The van der Waals surface area contributed by atoms with Crippen LogP contribution in [0.3, 0.4) is 0 Å². The van der Waals surface area contributed by atoms with Gasteiger partial charge in [-0.15, -0.1) is 0 Å². The number of carbonyl (C=O) groups is 3. The van der Waals surface area contributed by atoms with Crippen LogP contribution in [0.4, 0.5) is 9.59 Å². The number of quaternary nitrogens is 1. The van der Waals surface area contributed by atoms with E-state index in [1.54, 1.807) is 21.1 Å². The summed E-state index contributed by atoms with van der Waals surface area (Å²) in [5.74, 6) is -1.04. The molecule has 0 aliphatic heterocycles. The molecule has 2 amide bonds. The molecule has 9 heteroatoms. The van der Waals surface area contributed by atoms with Crippen molar-refractivity contribution in [3.63, 3.8) is 0 Å². The molecule has 0 fully saturated rings. The molecule has 0 radical (unpaired) electrons. The number of nitrogens with one attached hydrogen (secondary N) is 2. The van der Waals surface area contributed by atoms with Crippen LogP contribution in [0.2, 0.25) is 0 Å². The third kappa shape index (κ3) is 9.44. The summed E-state index contributed by atoms with van der Waals surface area (Å²) in [5, 5.41) is 14.6. The number of alkyl carbamates (subject to hydrolysis) is 2. The van der Waals surface area contributed by atoms with Crippen LogP contribution >= 0.6 is 0 Å². The quantitative estimate of drug-likeness (QED) is 0.473. The van der Waals surface area contributed by atoms with Gasteiger partial charge in [0.05, 0.1) is 27.6 Å². The van der Waals surface area contributed by atoms with Gasteiger partial charge >= 0.3 is 18.2 Å². The van der Waals surface area contributed by atoms with E-state index in [4.69, 9.17) is 9.47 Å². The van der Waals surface area contributed by atoms with Gasteiger partial charge in [0.25, 0.3) is 0 Å². The number of aliphatic carboxylic acids is 1. The highest BCUT2D eigenvalue weighted by Gasteiger charge is 2.32. The maximum atomic E-state index is 12.3. The molecule has 2 aromatic rings. The van der Waals surface area contributed by atoms with E-state index in [0.29, 0.717) is 0 Å². The van der Waals surface area contributed by atoms with Crippen LogP contribution in [0.25, 0.3) is 0 Å². The zero-order valence-electron chi connectivity index (χ0n) is 19.0. The van der Waals surface area contributed by atoms with Crippen molar-refractivity contribution in [2.45, 2.75) is 25.7 Å². The van der Waals surface area contributed by atoms with Gasteiger partial charge in [-0.1, -0.05) is 60.7 Å². The monoisotopic (exact) mass is 456 g/mol. The van der Waals surface area contributed by atoms with Crippen molar-refractivity contribution in [1.29, 1.82) is 0 Å². The van der Waals surface area contributed by atoms with Gasteiger partial charge in [-0.05, 0) is 11.1 Å². The number of nitrogens with zero attached hydrogens (tertiary/aromatic N) is 1. The van der Waals surface area contributed by atoms with E-state index in [9.17, 15) is 19.5 Å². The van der Waals surface area contributed by atoms with Gasteiger partial charge in [0, 0.05) is 11.9 Å². The molecule has 0 aliphatic carbocycles. The average Bonchev–Trinajstić information content (AvgIpc) is 2.78. The van der Waals surface area contributed by atoms with Crippen molar-refractivity contribution in [1.82, 2.24) is 10.6 Å². The second-order valence-corrected chi connectivity index (χ2v) is 8.24. The fourth-order valence-electron chi connectivity index (χ4n) is 2.85. The Morgan fingerprint density at radius 2 is 1.36 bits per heavy atom. The van der Waals surface area contributed by atoms with Crippen LogP contribution in [0.15, 0.2) is 72.6 Å². The van der Waals surface area contributed by atoms with Crippen molar-refractivity contribution < 1.29 is 33.4 Å². The molecule has 176 valence electrons. The number of ether oxygens (including phenoxy) is 2. The minimum Gasteiger partial charge on any atom is -0.477 e. The molecular formula is C24H30N3O6+. The number of rotatable bonds is 10. The zero-order chi connectivity index (χ0) is 24.3. The second-order valence-electron chi connectivity index (χ2n) is 8.24. The number of carboxylic acid groups (broad SMARTS) is 1. The third-order valence-electron chi connectivity index (χ3n) is 4.69. The molecule has 0 saturated heterocycles. The van der Waals surface area contributed by atoms with E-state index in [2.05, 4.69) is 10.6 Å². The highest BCUT2D eigenvalue weighted by Crippen LogP contribution is 2.13. The predicted octanol–water partition coefficient (Wildman–Crippen LogP) is 3.23. The number of benzene rings is 2. The van der Waals surface area contributed by atoms with Crippen molar-refractivity contribution in [2.24, 2.45) is 0 Å². The van der Waals surface area contributed by atoms with Crippen molar-refractivity contribution >= 4 is 18.2 Å². The SMILES string of the molecule is C[N+](C)(C)[C@@H](C/C(=C/NC(=O)OCc1ccccc1)NC(=O)OCc1ccccc1)C(=O)O. The Balaban J connectivity index is 2.03. The Bertz CT molecular complexity index is 955. The molecule has 2 aromatic carbocycles. The van der Waals surface area contributed by atoms with Gasteiger partial charge in [0.2, 0.25) is 0 Å². The van der Waals surface area contributed by atoms with Gasteiger partial charge < -0.3 is 19.1 Å². The van der Waals surface area contributed by atoms with Crippen LogP contribution in [-0.2, 0) is 27.5 Å². The Labute approximate surface area is 193 Å². The maximum Gasteiger partial charge on any atom is 0.411 e. The van der Waals surface area contributed by atoms with E-state index < -0.39 is 24.2 Å². The number of hydrogen-bond donors (Lipinski definition) is 3. The molecule has 0 aliphatic rings. The van der Waals surface area contributed by atoms with Crippen LogP contribution in [0.1, 0.15) is 17.5 Å². The first-order chi connectivity index (χ1) is 15.6. The zero-order valence-corrected chi connectivity index (χ0v) is 19.0. The maximum absolute atomic E-state index is 12.3. The fraction of sp³-hybridized carbons (Fsp3) is 0.292. The molecule has 0 bridgehead atoms. The first-order valence-corrected chi connectivity index (χ1v) is 10.3. The lowest BCUT2D eigenvalue weighted by atomic mass is 10.1. The summed E-state index contributed by atoms with van der Waals surface area (Å²) >= 11 is 0. The van der Waals surface area contributed by atoms with Crippen LogP contribution < -0.4 is 10.6 Å². The number of hydrogen-bond acceptors (Lipinski definition) is 5. The highest BCUT2D eigenvalue weighted by molar-refractivity contribution is 5.74. The summed E-state index contributed by atoms with van der Waals surface area (Å²) in [5.41, 5.74) is 1.79. The largest absolute Gasteiger partial charge is 0.477 e. The van der Waals surface area contributed by atoms with Gasteiger partial charge in [-0.2, -0.15) is 0 Å². The fourth-order valence-corrected chi connectivity index (χ4v) is 2.85. The van der Waals surface area contributed by atoms with Gasteiger partial charge in [-0.3, -0.25) is 10.6 Å². The molecule has 2 rings (SSSR count). The number of amides is 2. The summed E-state index contributed by atoms with van der Waals surface area (Å²) in [6.45, 7) is 0.114. The Kier molecular flexibility index (Phi) is 9.44. The minimum absolute atomic E-state index is 0.0458.